The maximum absolute atomic E-state index is 11.7. The Labute approximate surface area is 149 Å². The normalized spacial score (nSPS) is 13.9. The molecule has 0 aromatic heterocycles. The molecule has 132 valence electrons. The van der Waals surface area contributed by atoms with Crippen molar-refractivity contribution >= 4 is 6.09 Å². The Bertz CT molecular complexity index is 651. The van der Waals surface area contributed by atoms with Gasteiger partial charge in [0.05, 0.1) is 13.2 Å². The minimum atomic E-state index is -0.372. The van der Waals surface area contributed by atoms with E-state index in [-0.39, 0.29) is 6.09 Å². The molecule has 0 unspecified atom stereocenters. The van der Waals surface area contributed by atoms with Gasteiger partial charge in [0.25, 0.3) is 0 Å². The molecule has 1 amide bonds. The Morgan fingerprint density at radius 2 is 1.64 bits per heavy atom. The summed E-state index contributed by atoms with van der Waals surface area (Å²) in [5.41, 5.74) is 3.58. The Kier molecular flexibility index (Phi) is 6.46. The first-order chi connectivity index (χ1) is 12.3. The lowest BCUT2D eigenvalue weighted by atomic mass is 9.97. The third-order valence-corrected chi connectivity index (χ3v) is 4.47. The number of hydrogen-bond donors (Lipinski definition) is 1. The number of amides is 1. The van der Waals surface area contributed by atoms with Crippen LogP contribution in [-0.4, -0.2) is 25.9 Å². The van der Waals surface area contributed by atoms with E-state index in [1.807, 2.05) is 30.3 Å². The molecule has 3 rings (SSSR count). The number of nitrogens with one attached hydrogen (secondary N) is 1. The maximum Gasteiger partial charge on any atom is 0.407 e. The molecule has 25 heavy (non-hydrogen) atoms. The smallest absolute Gasteiger partial charge is 0.407 e. The van der Waals surface area contributed by atoms with Gasteiger partial charge < -0.3 is 14.8 Å². The summed E-state index contributed by atoms with van der Waals surface area (Å²) in [6.07, 6.45) is 2.74. The number of carbonyl (C=O) groups is 1. The number of carbonyl (C=O) groups excluding carboxylic acids is 1. The minimum Gasteiger partial charge on any atom is -0.445 e. The van der Waals surface area contributed by atoms with Crippen LogP contribution in [0.1, 0.15) is 23.1 Å². The predicted molar refractivity (Wildman–Crippen MR) is 97.4 cm³/mol. The van der Waals surface area contributed by atoms with Crippen LogP contribution in [0.2, 0.25) is 0 Å². The second kappa shape index (κ2) is 9.23. The minimum absolute atomic E-state index is 0.299. The van der Waals surface area contributed by atoms with Gasteiger partial charge in [-0.2, -0.15) is 0 Å². The Balaban J connectivity index is 1.31. The van der Waals surface area contributed by atoms with Gasteiger partial charge in [-0.1, -0.05) is 54.6 Å². The van der Waals surface area contributed by atoms with E-state index in [2.05, 4.69) is 29.6 Å². The summed E-state index contributed by atoms with van der Waals surface area (Å²) in [6, 6.07) is 18.3. The van der Waals surface area contributed by atoms with Crippen molar-refractivity contribution in [2.75, 3.05) is 19.8 Å². The highest BCUT2D eigenvalue weighted by molar-refractivity contribution is 5.67. The van der Waals surface area contributed by atoms with Gasteiger partial charge in [-0.15, -0.1) is 0 Å². The quantitative estimate of drug-likeness (QED) is 0.797. The average molecular weight is 339 g/mol. The number of benzene rings is 2. The van der Waals surface area contributed by atoms with Gasteiger partial charge in [0.2, 0.25) is 0 Å². The molecular weight excluding hydrogens is 314 g/mol. The zero-order valence-electron chi connectivity index (χ0n) is 14.4. The van der Waals surface area contributed by atoms with Crippen LogP contribution in [0.25, 0.3) is 0 Å². The molecule has 4 heteroatoms. The summed E-state index contributed by atoms with van der Waals surface area (Å²) in [6.45, 7) is 2.72. The fraction of sp³-hybridized carbons (Fsp3) is 0.381. The molecule has 4 nitrogen and oxygen atoms in total. The molecule has 1 aliphatic rings. The molecule has 1 N–H and O–H groups in total. The van der Waals surface area contributed by atoms with E-state index in [9.17, 15) is 4.79 Å². The number of hydrogen-bond acceptors (Lipinski definition) is 3. The van der Waals surface area contributed by atoms with Gasteiger partial charge >= 0.3 is 6.09 Å². The van der Waals surface area contributed by atoms with Crippen LogP contribution >= 0.6 is 0 Å². The highest BCUT2D eigenvalue weighted by atomic mass is 16.5. The average Bonchev–Trinajstić information content (AvgIpc) is 2.61. The lowest BCUT2D eigenvalue weighted by molar-refractivity contribution is -0.0352. The van der Waals surface area contributed by atoms with Crippen molar-refractivity contribution in [2.24, 2.45) is 5.92 Å². The first kappa shape index (κ1) is 17.5. The van der Waals surface area contributed by atoms with E-state index in [1.165, 1.54) is 17.5 Å². The van der Waals surface area contributed by atoms with Crippen LogP contribution in [0.15, 0.2) is 54.6 Å². The van der Waals surface area contributed by atoms with Crippen molar-refractivity contribution in [3.63, 3.8) is 0 Å². The second-order valence-electron chi connectivity index (χ2n) is 6.50. The highest BCUT2D eigenvalue weighted by Crippen LogP contribution is 2.17. The van der Waals surface area contributed by atoms with Crippen LogP contribution in [0.3, 0.4) is 0 Å². The summed E-state index contributed by atoms with van der Waals surface area (Å²) >= 11 is 0. The van der Waals surface area contributed by atoms with Crippen molar-refractivity contribution in [1.29, 1.82) is 0 Å². The van der Waals surface area contributed by atoms with Crippen molar-refractivity contribution in [3.05, 3.63) is 71.3 Å². The van der Waals surface area contributed by atoms with Crippen molar-refractivity contribution < 1.29 is 14.3 Å². The molecule has 1 aliphatic heterocycles. The number of aryl methyl sites for hydroxylation is 1. The van der Waals surface area contributed by atoms with Gasteiger partial charge in [0.1, 0.15) is 6.61 Å². The third-order valence-electron chi connectivity index (χ3n) is 4.47. The van der Waals surface area contributed by atoms with E-state index in [4.69, 9.17) is 9.47 Å². The molecule has 2 aromatic carbocycles. The predicted octanol–water partition coefficient (Wildman–Crippen LogP) is 3.73. The highest BCUT2D eigenvalue weighted by Gasteiger charge is 2.17. The van der Waals surface area contributed by atoms with Gasteiger partial charge in [-0.3, -0.25) is 0 Å². The Morgan fingerprint density at radius 3 is 2.28 bits per heavy atom. The molecule has 0 aliphatic carbocycles. The van der Waals surface area contributed by atoms with Gasteiger partial charge in [0, 0.05) is 12.5 Å². The van der Waals surface area contributed by atoms with E-state index in [0.29, 0.717) is 13.2 Å². The third kappa shape index (κ3) is 5.91. The molecule has 0 bridgehead atoms. The first-order valence-electron chi connectivity index (χ1n) is 8.90. The summed E-state index contributed by atoms with van der Waals surface area (Å²) in [7, 11) is 0. The van der Waals surface area contributed by atoms with Gasteiger partial charge in [-0.25, -0.2) is 4.79 Å². The monoisotopic (exact) mass is 339 g/mol. The van der Waals surface area contributed by atoms with Crippen molar-refractivity contribution in [2.45, 2.75) is 25.9 Å². The molecular formula is C21H25NO3. The summed E-state index contributed by atoms with van der Waals surface area (Å²) in [5.74, 6) is 0.741. The fourth-order valence-electron chi connectivity index (χ4n) is 2.78. The van der Waals surface area contributed by atoms with E-state index >= 15 is 0 Å². The molecule has 0 saturated carbocycles. The number of ether oxygens (including phenoxy) is 2. The lowest BCUT2D eigenvalue weighted by Crippen LogP contribution is -2.27. The van der Waals surface area contributed by atoms with E-state index in [0.717, 1.165) is 37.5 Å². The van der Waals surface area contributed by atoms with Crippen LogP contribution in [0, 0.1) is 5.92 Å². The SMILES string of the molecule is O=C(NCCc1ccc(CCC2COC2)cc1)OCc1ccccc1. The van der Waals surface area contributed by atoms with E-state index < -0.39 is 0 Å². The zero-order chi connectivity index (χ0) is 17.3. The van der Waals surface area contributed by atoms with Crippen LogP contribution in [0.4, 0.5) is 4.79 Å². The van der Waals surface area contributed by atoms with Crippen LogP contribution in [0.5, 0.6) is 0 Å². The fourth-order valence-corrected chi connectivity index (χ4v) is 2.78. The maximum atomic E-state index is 11.7. The molecule has 0 spiro atoms. The van der Waals surface area contributed by atoms with Crippen molar-refractivity contribution in [1.82, 2.24) is 5.32 Å². The molecule has 1 saturated heterocycles. The number of rotatable bonds is 8. The Morgan fingerprint density at radius 1 is 0.960 bits per heavy atom. The zero-order valence-corrected chi connectivity index (χ0v) is 14.4. The molecule has 1 fully saturated rings. The van der Waals surface area contributed by atoms with Gasteiger partial charge in [-0.05, 0) is 36.0 Å². The van der Waals surface area contributed by atoms with Gasteiger partial charge in [0.15, 0.2) is 0 Å². The van der Waals surface area contributed by atoms with Crippen LogP contribution in [-0.2, 0) is 28.9 Å². The number of alkyl carbamates (subject to hydrolysis) is 1. The molecule has 1 heterocycles. The summed E-state index contributed by atoms with van der Waals surface area (Å²) in [5, 5.41) is 2.80. The summed E-state index contributed by atoms with van der Waals surface area (Å²) in [4.78, 5) is 11.7. The molecule has 0 atom stereocenters. The standard InChI is InChI=1S/C21H25NO3/c23-21(25-16-19-4-2-1-3-5-19)22-13-12-18-8-6-17(7-9-18)10-11-20-14-24-15-20/h1-9,20H,10-16H2,(H,22,23). The largest absolute Gasteiger partial charge is 0.445 e. The lowest BCUT2D eigenvalue weighted by Gasteiger charge is -2.25. The molecule has 2 aromatic rings. The van der Waals surface area contributed by atoms with E-state index in [1.54, 1.807) is 0 Å². The Hall–Kier alpha value is -2.33. The van der Waals surface area contributed by atoms with Crippen LogP contribution < -0.4 is 5.32 Å². The summed E-state index contributed by atoms with van der Waals surface area (Å²) < 4.78 is 10.4. The second-order valence-corrected chi connectivity index (χ2v) is 6.50. The topological polar surface area (TPSA) is 47.6 Å². The first-order valence-corrected chi connectivity index (χ1v) is 8.90. The molecule has 0 radical (unpaired) electrons. The van der Waals surface area contributed by atoms with Crippen molar-refractivity contribution in [3.8, 4) is 0 Å².